The van der Waals surface area contributed by atoms with Crippen LogP contribution in [0, 0.1) is 15.9 Å². The van der Waals surface area contributed by atoms with Crippen LogP contribution in [0.2, 0.25) is 0 Å². The van der Waals surface area contributed by atoms with Crippen molar-refractivity contribution >= 4 is 5.69 Å². The van der Waals surface area contributed by atoms with Crippen molar-refractivity contribution in [2.75, 3.05) is 0 Å². The lowest BCUT2D eigenvalue weighted by Gasteiger charge is -2.11. The van der Waals surface area contributed by atoms with Crippen molar-refractivity contribution in [3.63, 3.8) is 0 Å². The first-order valence-corrected chi connectivity index (χ1v) is 5.36. The Balaban J connectivity index is 2.53. The third kappa shape index (κ3) is 2.58. The summed E-state index contributed by atoms with van der Waals surface area (Å²) in [6, 6.07) is 3.10. The van der Waals surface area contributed by atoms with E-state index in [0.717, 1.165) is 12.1 Å². The maximum Gasteiger partial charge on any atom is 0.285 e. The number of rotatable bonds is 3. The van der Waals surface area contributed by atoms with Gasteiger partial charge in [-0.3, -0.25) is 10.1 Å². The highest BCUT2D eigenvalue weighted by Gasteiger charge is 2.25. The zero-order valence-electron chi connectivity index (χ0n) is 10.3. The first kappa shape index (κ1) is 13.1. The van der Waals surface area contributed by atoms with Crippen LogP contribution in [0.15, 0.2) is 22.7 Å². The molecule has 100 valence electrons. The molecule has 2 aromatic rings. The van der Waals surface area contributed by atoms with Crippen molar-refractivity contribution in [2.45, 2.75) is 19.4 Å². The number of benzene rings is 1. The second-order valence-electron chi connectivity index (χ2n) is 4.56. The maximum absolute atomic E-state index is 13.0. The summed E-state index contributed by atoms with van der Waals surface area (Å²) in [7, 11) is 0. The molecule has 2 rings (SSSR count). The summed E-state index contributed by atoms with van der Waals surface area (Å²) in [6.45, 7) is 3.33. The molecule has 0 unspecified atom stereocenters. The van der Waals surface area contributed by atoms with Crippen LogP contribution in [0.5, 0.6) is 0 Å². The van der Waals surface area contributed by atoms with Gasteiger partial charge in [0.2, 0.25) is 0 Å². The fraction of sp³-hybridized carbons (Fsp3) is 0.273. The molecule has 0 saturated heterocycles. The van der Waals surface area contributed by atoms with Gasteiger partial charge < -0.3 is 10.3 Å². The van der Waals surface area contributed by atoms with E-state index in [4.69, 9.17) is 10.3 Å². The lowest BCUT2D eigenvalue weighted by molar-refractivity contribution is -0.384. The molecule has 0 amide bonds. The fourth-order valence-corrected chi connectivity index (χ4v) is 1.43. The van der Waals surface area contributed by atoms with Crippen LogP contribution in [0.25, 0.3) is 11.5 Å². The summed E-state index contributed by atoms with van der Waals surface area (Å²) in [5.74, 6) is -0.573. The molecule has 0 aliphatic heterocycles. The molecule has 1 heterocycles. The summed E-state index contributed by atoms with van der Waals surface area (Å²) in [5.41, 5.74) is 4.57. The topological polar surface area (TPSA) is 108 Å². The van der Waals surface area contributed by atoms with Gasteiger partial charge in [-0.2, -0.15) is 4.98 Å². The highest BCUT2D eigenvalue weighted by atomic mass is 19.1. The van der Waals surface area contributed by atoms with E-state index in [1.807, 2.05) is 0 Å². The van der Waals surface area contributed by atoms with Gasteiger partial charge in [0.1, 0.15) is 11.4 Å². The lowest BCUT2D eigenvalue weighted by Crippen LogP contribution is -2.30. The standard InChI is InChI=1S/C11H11FN4O3/c1-11(2,13)10-14-9(19-15-10)7-4-3-6(12)5-8(7)16(17)18/h3-5H,13H2,1-2H3. The van der Waals surface area contributed by atoms with Gasteiger partial charge in [0, 0.05) is 0 Å². The van der Waals surface area contributed by atoms with Gasteiger partial charge in [-0.25, -0.2) is 4.39 Å². The molecule has 0 fully saturated rings. The SMILES string of the molecule is CC(C)(N)c1noc(-c2ccc(F)cc2[N+](=O)[O-])n1. The second kappa shape index (κ2) is 4.39. The summed E-state index contributed by atoms with van der Waals surface area (Å²) >= 11 is 0. The molecule has 0 radical (unpaired) electrons. The van der Waals surface area contributed by atoms with E-state index in [1.165, 1.54) is 6.07 Å². The summed E-state index contributed by atoms with van der Waals surface area (Å²) < 4.78 is 18.0. The van der Waals surface area contributed by atoms with Crippen molar-refractivity contribution in [2.24, 2.45) is 5.73 Å². The van der Waals surface area contributed by atoms with Gasteiger partial charge >= 0.3 is 0 Å². The Kier molecular flexibility index (Phi) is 3.03. The molecule has 0 aliphatic carbocycles. The largest absolute Gasteiger partial charge is 0.334 e. The van der Waals surface area contributed by atoms with E-state index in [1.54, 1.807) is 13.8 Å². The number of hydrogen-bond donors (Lipinski definition) is 1. The van der Waals surface area contributed by atoms with Crippen molar-refractivity contribution in [1.29, 1.82) is 0 Å². The van der Waals surface area contributed by atoms with E-state index in [9.17, 15) is 14.5 Å². The van der Waals surface area contributed by atoms with Crippen LogP contribution in [0.4, 0.5) is 10.1 Å². The maximum atomic E-state index is 13.0. The smallest absolute Gasteiger partial charge is 0.285 e. The third-order valence-electron chi connectivity index (χ3n) is 2.39. The fourth-order valence-electron chi connectivity index (χ4n) is 1.43. The Morgan fingerprint density at radius 3 is 2.68 bits per heavy atom. The second-order valence-corrected chi connectivity index (χ2v) is 4.56. The molecule has 1 aromatic heterocycles. The number of nitro groups is 1. The van der Waals surface area contributed by atoms with E-state index < -0.39 is 22.0 Å². The van der Waals surface area contributed by atoms with Gasteiger partial charge in [0.25, 0.3) is 11.6 Å². The molecule has 7 nitrogen and oxygen atoms in total. The molecule has 8 heteroatoms. The highest BCUT2D eigenvalue weighted by Crippen LogP contribution is 2.30. The highest BCUT2D eigenvalue weighted by molar-refractivity contribution is 5.66. The predicted octanol–water partition coefficient (Wildman–Crippen LogP) is 1.98. The minimum absolute atomic E-state index is 0.0504. The quantitative estimate of drug-likeness (QED) is 0.672. The van der Waals surface area contributed by atoms with Crippen LogP contribution in [0.1, 0.15) is 19.7 Å². The third-order valence-corrected chi connectivity index (χ3v) is 2.39. The molecule has 0 spiro atoms. The average Bonchev–Trinajstić information content (AvgIpc) is 2.77. The molecule has 0 atom stereocenters. The Labute approximate surface area is 107 Å². The van der Waals surface area contributed by atoms with Gasteiger partial charge in [-0.05, 0) is 26.0 Å². The number of nitro benzene ring substituents is 1. The number of halogens is 1. The Morgan fingerprint density at radius 2 is 2.16 bits per heavy atom. The van der Waals surface area contributed by atoms with Crippen LogP contribution >= 0.6 is 0 Å². The van der Waals surface area contributed by atoms with Gasteiger partial charge in [0.15, 0.2) is 5.82 Å². The zero-order chi connectivity index (χ0) is 14.2. The van der Waals surface area contributed by atoms with E-state index in [0.29, 0.717) is 0 Å². The molecule has 2 N–H and O–H groups in total. The van der Waals surface area contributed by atoms with Gasteiger partial charge in [-0.1, -0.05) is 5.16 Å². The Morgan fingerprint density at radius 1 is 1.47 bits per heavy atom. The number of nitrogens with zero attached hydrogens (tertiary/aromatic N) is 3. The molecule has 1 aromatic carbocycles. The summed E-state index contributed by atoms with van der Waals surface area (Å²) in [6.07, 6.45) is 0. The van der Waals surface area contributed by atoms with Crippen molar-refractivity contribution in [1.82, 2.24) is 10.1 Å². The Hall–Kier alpha value is -2.35. The first-order valence-electron chi connectivity index (χ1n) is 5.36. The van der Waals surface area contributed by atoms with Gasteiger partial charge in [-0.15, -0.1) is 0 Å². The first-order chi connectivity index (χ1) is 8.79. The van der Waals surface area contributed by atoms with Crippen molar-refractivity contribution in [3.05, 3.63) is 40.0 Å². The molecule has 19 heavy (non-hydrogen) atoms. The number of nitrogens with two attached hydrogens (primary N) is 1. The van der Waals surface area contributed by atoms with E-state index >= 15 is 0 Å². The lowest BCUT2D eigenvalue weighted by atomic mass is 10.1. The minimum Gasteiger partial charge on any atom is -0.334 e. The molecule has 0 saturated carbocycles. The molecular formula is C11H11FN4O3. The minimum atomic E-state index is -0.837. The predicted molar refractivity (Wildman–Crippen MR) is 63.6 cm³/mol. The monoisotopic (exact) mass is 266 g/mol. The van der Waals surface area contributed by atoms with E-state index in [2.05, 4.69) is 10.1 Å². The summed E-state index contributed by atoms with van der Waals surface area (Å²) in [5, 5.41) is 14.5. The number of aromatic nitrogens is 2. The van der Waals surface area contributed by atoms with Crippen molar-refractivity contribution < 1.29 is 13.8 Å². The van der Waals surface area contributed by atoms with Crippen LogP contribution in [0.3, 0.4) is 0 Å². The van der Waals surface area contributed by atoms with Crippen LogP contribution in [-0.4, -0.2) is 15.1 Å². The summed E-state index contributed by atoms with van der Waals surface area (Å²) in [4.78, 5) is 14.2. The van der Waals surface area contributed by atoms with Gasteiger partial charge in [0.05, 0.1) is 16.5 Å². The molecule has 0 bridgehead atoms. The molecule has 0 aliphatic rings. The zero-order valence-corrected chi connectivity index (χ0v) is 10.3. The van der Waals surface area contributed by atoms with Crippen LogP contribution in [-0.2, 0) is 5.54 Å². The average molecular weight is 266 g/mol. The molecular weight excluding hydrogens is 255 g/mol. The normalized spacial score (nSPS) is 11.6. The van der Waals surface area contributed by atoms with Crippen molar-refractivity contribution in [3.8, 4) is 11.5 Å². The number of hydrogen-bond acceptors (Lipinski definition) is 6. The van der Waals surface area contributed by atoms with Crippen LogP contribution < -0.4 is 5.73 Å². The Bertz CT molecular complexity index is 633. The van der Waals surface area contributed by atoms with E-state index in [-0.39, 0.29) is 17.3 Å².